The second-order valence-corrected chi connectivity index (χ2v) is 15.4. The standard InChI is InChI=1S/C53H33N3S/c1-3-14-34(15-4-1)38-30-32-44(42-20-9-7-18-40(38)42)45-33-31-39(41-19-8-10-21-43(41)45)35-26-28-37(29-27-35)52-54-51(36-16-5-2-6-17-36)55-53(56-52)48-24-13-23-47-46-22-11-12-25-49(46)57-50(47)48/h1-33H. The third-order valence-corrected chi connectivity index (χ3v) is 12.2. The monoisotopic (exact) mass is 743 g/mol. The van der Waals surface area contributed by atoms with Crippen LogP contribution in [-0.2, 0) is 0 Å². The molecule has 9 aromatic carbocycles. The highest BCUT2D eigenvalue weighted by Crippen LogP contribution is 2.42. The van der Waals surface area contributed by atoms with Crippen molar-refractivity contribution in [1.29, 1.82) is 0 Å². The topological polar surface area (TPSA) is 38.7 Å². The Morgan fingerprint density at radius 1 is 0.246 bits per heavy atom. The van der Waals surface area contributed by atoms with Crippen molar-refractivity contribution in [2.45, 2.75) is 0 Å². The number of hydrogen-bond donors (Lipinski definition) is 0. The van der Waals surface area contributed by atoms with Gasteiger partial charge < -0.3 is 0 Å². The summed E-state index contributed by atoms with van der Waals surface area (Å²) in [7, 11) is 0. The zero-order valence-electron chi connectivity index (χ0n) is 30.8. The van der Waals surface area contributed by atoms with Crippen molar-refractivity contribution in [3.8, 4) is 67.5 Å². The molecule has 0 aliphatic carbocycles. The Balaban J connectivity index is 1.01. The maximum Gasteiger partial charge on any atom is 0.165 e. The van der Waals surface area contributed by atoms with Gasteiger partial charge in [-0.3, -0.25) is 0 Å². The molecule has 0 bridgehead atoms. The zero-order chi connectivity index (χ0) is 37.7. The molecule has 3 nitrogen and oxygen atoms in total. The van der Waals surface area contributed by atoms with Crippen molar-refractivity contribution in [2.24, 2.45) is 0 Å². The second-order valence-electron chi connectivity index (χ2n) is 14.3. The number of nitrogens with zero attached hydrogens (tertiary/aromatic N) is 3. The van der Waals surface area contributed by atoms with Crippen LogP contribution in [0, 0.1) is 0 Å². The lowest BCUT2D eigenvalue weighted by atomic mass is 9.88. The maximum atomic E-state index is 5.15. The van der Waals surface area contributed by atoms with Gasteiger partial charge in [0.2, 0.25) is 0 Å². The van der Waals surface area contributed by atoms with Gasteiger partial charge in [-0.25, -0.2) is 15.0 Å². The van der Waals surface area contributed by atoms with E-state index in [-0.39, 0.29) is 0 Å². The second kappa shape index (κ2) is 13.8. The lowest BCUT2D eigenvalue weighted by Gasteiger charge is -2.16. The molecule has 0 saturated carbocycles. The van der Waals surface area contributed by atoms with Crippen molar-refractivity contribution in [3.63, 3.8) is 0 Å². The number of fused-ring (bicyclic) bond motifs is 5. The van der Waals surface area contributed by atoms with E-state index in [2.05, 4.69) is 182 Å². The molecule has 0 unspecified atom stereocenters. The van der Waals surface area contributed by atoms with Crippen LogP contribution in [0.5, 0.6) is 0 Å². The minimum atomic E-state index is 0.648. The summed E-state index contributed by atoms with van der Waals surface area (Å²) in [6.45, 7) is 0. The van der Waals surface area contributed by atoms with Gasteiger partial charge in [0.15, 0.2) is 17.5 Å². The Morgan fingerprint density at radius 3 is 1.25 bits per heavy atom. The van der Waals surface area contributed by atoms with E-state index in [1.807, 2.05) is 18.2 Å². The summed E-state index contributed by atoms with van der Waals surface area (Å²) in [5, 5.41) is 7.41. The van der Waals surface area contributed by atoms with E-state index < -0.39 is 0 Å². The van der Waals surface area contributed by atoms with Gasteiger partial charge in [0.05, 0.1) is 0 Å². The van der Waals surface area contributed by atoms with Gasteiger partial charge in [-0.15, -0.1) is 11.3 Å². The SMILES string of the molecule is c1ccc(-c2nc(-c3ccc(-c4ccc(-c5ccc(-c6ccccc6)c6ccccc56)c5ccccc45)cc3)nc(-c3cccc4c3sc3ccccc34)n2)cc1. The Kier molecular flexibility index (Phi) is 8.01. The fraction of sp³-hybridized carbons (Fsp3) is 0. The van der Waals surface area contributed by atoms with Gasteiger partial charge in [-0.2, -0.15) is 0 Å². The molecule has 11 aromatic rings. The average molecular weight is 744 g/mol. The summed E-state index contributed by atoms with van der Waals surface area (Å²) in [6, 6.07) is 71.1. The minimum Gasteiger partial charge on any atom is -0.208 e. The maximum absolute atomic E-state index is 5.15. The molecule has 57 heavy (non-hydrogen) atoms. The predicted molar refractivity (Wildman–Crippen MR) is 240 cm³/mol. The highest BCUT2D eigenvalue weighted by atomic mass is 32.1. The van der Waals surface area contributed by atoms with Crippen molar-refractivity contribution in [1.82, 2.24) is 15.0 Å². The number of aromatic nitrogens is 3. The molecule has 0 saturated heterocycles. The van der Waals surface area contributed by atoms with Crippen LogP contribution in [0.3, 0.4) is 0 Å². The molecular formula is C53H33N3S. The van der Waals surface area contributed by atoms with Gasteiger partial charge in [-0.05, 0) is 67.1 Å². The Labute approximate surface area is 334 Å². The molecule has 0 aliphatic heterocycles. The van der Waals surface area contributed by atoms with Crippen LogP contribution in [0.2, 0.25) is 0 Å². The van der Waals surface area contributed by atoms with Crippen LogP contribution in [0.1, 0.15) is 0 Å². The summed E-state index contributed by atoms with van der Waals surface area (Å²) in [5.41, 5.74) is 10.2. The van der Waals surface area contributed by atoms with Gasteiger partial charge in [0, 0.05) is 36.9 Å². The number of hydrogen-bond acceptors (Lipinski definition) is 4. The van der Waals surface area contributed by atoms with E-state index in [4.69, 9.17) is 15.0 Å². The summed E-state index contributed by atoms with van der Waals surface area (Å²) < 4.78 is 2.43. The van der Waals surface area contributed by atoms with Crippen molar-refractivity contribution < 1.29 is 0 Å². The van der Waals surface area contributed by atoms with Crippen molar-refractivity contribution in [2.75, 3.05) is 0 Å². The van der Waals surface area contributed by atoms with Crippen LogP contribution < -0.4 is 0 Å². The smallest absolute Gasteiger partial charge is 0.165 e. The van der Waals surface area contributed by atoms with Crippen LogP contribution in [0.25, 0.3) is 109 Å². The molecule has 0 amide bonds. The lowest BCUT2D eigenvalue weighted by molar-refractivity contribution is 1.08. The van der Waals surface area contributed by atoms with E-state index in [9.17, 15) is 0 Å². The van der Waals surface area contributed by atoms with E-state index in [0.717, 1.165) is 22.3 Å². The minimum absolute atomic E-state index is 0.648. The van der Waals surface area contributed by atoms with Crippen molar-refractivity contribution in [3.05, 3.63) is 200 Å². The van der Waals surface area contributed by atoms with Gasteiger partial charge in [-0.1, -0.05) is 188 Å². The number of rotatable bonds is 6. The quantitative estimate of drug-likeness (QED) is 0.170. The Morgan fingerprint density at radius 2 is 0.649 bits per heavy atom. The van der Waals surface area contributed by atoms with Crippen LogP contribution in [0.4, 0.5) is 0 Å². The lowest BCUT2D eigenvalue weighted by Crippen LogP contribution is -2.00. The van der Waals surface area contributed by atoms with Crippen molar-refractivity contribution >= 4 is 53.1 Å². The molecule has 0 radical (unpaired) electrons. The first-order valence-electron chi connectivity index (χ1n) is 19.2. The van der Waals surface area contributed by atoms with E-state index in [0.29, 0.717) is 17.5 Å². The number of thiophene rings is 1. The molecule has 11 rings (SSSR count). The van der Waals surface area contributed by atoms with E-state index in [1.54, 1.807) is 11.3 Å². The molecule has 0 N–H and O–H groups in total. The van der Waals surface area contributed by atoms with Crippen LogP contribution in [-0.4, -0.2) is 15.0 Å². The fourth-order valence-electron chi connectivity index (χ4n) is 8.25. The van der Waals surface area contributed by atoms with Crippen LogP contribution >= 0.6 is 11.3 Å². The molecule has 0 atom stereocenters. The first-order valence-corrected chi connectivity index (χ1v) is 20.0. The Hall–Kier alpha value is -7.27. The fourth-order valence-corrected chi connectivity index (χ4v) is 9.46. The van der Waals surface area contributed by atoms with Gasteiger partial charge in [0.1, 0.15) is 0 Å². The molecule has 0 spiro atoms. The molecule has 0 fully saturated rings. The highest BCUT2D eigenvalue weighted by Gasteiger charge is 2.18. The molecule has 266 valence electrons. The first kappa shape index (κ1) is 33.1. The largest absolute Gasteiger partial charge is 0.208 e. The first-order chi connectivity index (χ1) is 28.3. The third-order valence-electron chi connectivity index (χ3n) is 11.0. The van der Waals surface area contributed by atoms with E-state index >= 15 is 0 Å². The molecule has 2 heterocycles. The normalized spacial score (nSPS) is 11.5. The number of benzene rings is 9. The summed E-state index contributed by atoms with van der Waals surface area (Å²) in [4.78, 5) is 15.3. The summed E-state index contributed by atoms with van der Waals surface area (Å²) in [6.07, 6.45) is 0. The Bertz CT molecular complexity index is 3280. The van der Waals surface area contributed by atoms with E-state index in [1.165, 1.54) is 69.5 Å². The van der Waals surface area contributed by atoms with Gasteiger partial charge >= 0.3 is 0 Å². The summed E-state index contributed by atoms with van der Waals surface area (Å²) in [5.74, 6) is 1.98. The van der Waals surface area contributed by atoms with Gasteiger partial charge in [0.25, 0.3) is 0 Å². The predicted octanol–water partition coefficient (Wildman–Crippen LogP) is 14.5. The zero-order valence-corrected chi connectivity index (χ0v) is 31.6. The molecular weight excluding hydrogens is 711 g/mol. The molecule has 4 heteroatoms. The average Bonchev–Trinajstić information content (AvgIpc) is 3.68. The molecule has 2 aromatic heterocycles. The van der Waals surface area contributed by atoms with Crippen LogP contribution in [0.15, 0.2) is 200 Å². The third kappa shape index (κ3) is 5.78. The molecule has 0 aliphatic rings. The summed E-state index contributed by atoms with van der Waals surface area (Å²) >= 11 is 1.79. The highest BCUT2D eigenvalue weighted by molar-refractivity contribution is 7.26.